The van der Waals surface area contributed by atoms with Crippen LogP contribution >= 0.6 is 0 Å². The predicted molar refractivity (Wildman–Crippen MR) is 90.9 cm³/mol. The van der Waals surface area contributed by atoms with Gasteiger partial charge in [-0.3, -0.25) is 4.79 Å². The SMILES string of the molecule is Cc1ccc(NC(=O)c2cnc(Nc3ccccc3)cn2)cc1. The van der Waals surface area contributed by atoms with Gasteiger partial charge in [-0.1, -0.05) is 35.9 Å². The lowest BCUT2D eigenvalue weighted by atomic mass is 10.2. The number of benzene rings is 2. The number of carbonyl (C=O) groups excluding carboxylic acids is 1. The zero-order valence-corrected chi connectivity index (χ0v) is 12.7. The molecule has 0 radical (unpaired) electrons. The molecule has 1 heterocycles. The third kappa shape index (κ3) is 3.91. The molecule has 114 valence electrons. The van der Waals surface area contributed by atoms with Crippen molar-refractivity contribution in [2.75, 3.05) is 10.6 Å². The van der Waals surface area contributed by atoms with E-state index in [1.54, 1.807) is 0 Å². The Balaban J connectivity index is 1.66. The first-order valence-corrected chi connectivity index (χ1v) is 7.23. The predicted octanol–water partition coefficient (Wildman–Crippen LogP) is 3.78. The summed E-state index contributed by atoms with van der Waals surface area (Å²) in [6.07, 6.45) is 2.99. The van der Waals surface area contributed by atoms with Crippen LogP contribution in [0, 0.1) is 6.92 Å². The molecule has 1 amide bonds. The monoisotopic (exact) mass is 304 g/mol. The first kappa shape index (κ1) is 14.7. The molecule has 2 aromatic carbocycles. The summed E-state index contributed by atoms with van der Waals surface area (Å²) in [5.74, 6) is 0.302. The number of aromatic nitrogens is 2. The normalized spacial score (nSPS) is 10.1. The standard InChI is InChI=1S/C18H16N4O/c1-13-7-9-15(10-8-13)22-18(23)16-11-20-17(12-19-16)21-14-5-3-2-4-6-14/h2-12H,1H3,(H,20,21)(H,22,23). The van der Waals surface area contributed by atoms with Gasteiger partial charge in [-0.05, 0) is 31.2 Å². The second-order valence-corrected chi connectivity index (χ2v) is 5.10. The number of para-hydroxylation sites is 1. The van der Waals surface area contributed by atoms with Crippen molar-refractivity contribution in [1.82, 2.24) is 9.97 Å². The molecule has 2 N–H and O–H groups in total. The molecule has 0 saturated carbocycles. The van der Waals surface area contributed by atoms with Gasteiger partial charge < -0.3 is 10.6 Å². The van der Waals surface area contributed by atoms with Crippen molar-refractivity contribution in [2.45, 2.75) is 6.92 Å². The van der Waals surface area contributed by atoms with Crippen LogP contribution < -0.4 is 10.6 Å². The van der Waals surface area contributed by atoms with Crippen molar-refractivity contribution >= 4 is 23.1 Å². The molecule has 0 unspecified atom stereocenters. The van der Waals surface area contributed by atoms with E-state index in [-0.39, 0.29) is 11.6 Å². The topological polar surface area (TPSA) is 66.9 Å². The molecule has 0 fully saturated rings. The first-order valence-electron chi connectivity index (χ1n) is 7.23. The van der Waals surface area contributed by atoms with Crippen LogP contribution in [-0.4, -0.2) is 15.9 Å². The van der Waals surface area contributed by atoms with Gasteiger partial charge >= 0.3 is 0 Å². The molecule has 0 aliphatic carbocycles. The van der Waals surface area contributed by atoms with E-state index in [2.05, 4.69) is 20.6 Å². The number of amides is 1. The van der Waals surface area contributed by atoms with E-state index in [0.717, 1.165) is 16.9 Å². The average molecular weight is 304 g/mol. The van der Waals surface area contributed by atoms with Gasteiger partial charge in [0.25, 0.3) is 5.91 Å². The zero-order chi connectivity index (χ0) is 16.1. The number of hydrogen-bond acceptors (Lipinski definition) is 4. The van der Waals surface area contributed by atoms with Crippen molar-refractivity contribution in [3.8, 4) is 0 Å². The number of aryl methyl sites for hydroxylation is 1. The largest absolute Gasteiger partial charge is 0.339 e. The summed E-state index contributed by atoms with van der Waals surface area (Å²) in [6, 6.07) is 17.2. The Morgan fingerprint density at radius 3 is 2.26 bits per heavy atom. The van der Waals surface area contributed by atoms with Crippen LogP contribution in [0.25, 0.3) is 0 Å². The second kappa shape index (κ2) is 6.70. The molecule has 3 rings (SSSR count). The Kier molecular flexibility index (Phi) is 4.29. The zero-order valence-electron chi connectivity index (χ0n) is 12.7. The number of anilines is 3. The third-order valence-corrected chi connectivity index (χ3v) is 3.24. The minimum atomic E-state index is -0.285. The van der Waals surface area contributed by atoms with Gasteiger partial charge in [-0.25, -0.2) is 9.97 Å². The fourth-order valence-electron chi connectivity index (χ4n) is 2.01. The van der Waals surface area contributed by atoms with Gasteiger partial charge in [0, 0.05) is 11.4 Å². The van der Waals surface area contributed by atoms with Gasteiger partial charge in [-0.15, -0.1) is 0 Å². The lowest BCUT2D eigenvalue weighted by Crippen LogP contribution is -2.14. The first-order chi connectivity index (χ1) is 11.2. The molecular formula is C18H16N4O. The van der Waals surface area contributed by atoms with Crippen molar-refractivity contribution in [3.05, 3.63) is 78.2 Å². The molecule has 0 spiro atoms. The van der Waals surface area contributed by atoms with Crippen LogP contribution in [0.3, 0.4) is 0 Å². The molecule has 0 saturated heterocycles. The smallest absolute Gasteiger partial charge is 0.275 e. The highest BCUT2D eigenvalue weighted by Crippen LogP contribution is 2.13. The van der Waals surface area contributed by atoms with Crippen LogP contribution in [0.2, 0.25) is 0 Å². The van der Waals surface area contributed by atoms with E-state index in [4.69, 9.17) is 0 Å². The summed E-state index contributed by atoms with van der Waals surface area (Å²) >= 11 is 0. The molecule has 0 bridgehead atoms. The number of carbonyl (C=O) groups is 1. The summed E-state index contributed by atoms with van der Waals surface area (Å²) in [4.78, 5) is 20.5. The van der Waals surface area contributed by atoms with E-state index in [1.807, 2.05) is 61.5 Å². The van der Waals surface area contributed by atoms with Crippen LogP contribution in [-0.2, 0) is 0 Å². The van der Waals surface area contributed by atoms with Gasteiger partial charge in [0.15, 0.2) is 0 Å². The van der Waals surface area contributed by atoms with E-state index in [9.17, 15) is 4.79 Å². The molecule has 3 aromatic rings. The molecule has 5 heteroatoms. The molecular weight excluding hydrogens is 288 g/mol. The van der Waals surface area contributed by atoms with Crippen LogP contribution in [0.5, 0.6) is 0 Å². The van der Waals surface area contributed by atoms with Crippen LogP contribution in [0.1, 0.15) is 16.1 Å². The van der Waals surface area contributed by atoms with Crippen molar-refractivity contribution in [2.24, 2.45) is 0 Å². The van der Waals surface area contributed by atoms with E-state index in [0.29, 0.717) is 5.82 Å². The van der Waals surface area contributed by atoms with Crippen LogP contribution in [0.4, 0.5) is 17.2 Å². The quantitative estimate of drug-likeness (QED) is 0.769. The summed E-state index contributed by atoms with van der Waals surface area (Å²) in [6.45, 7) is 2.00. The lowest BCUT2D eigenvalue weighted by molar-refractivity contribution is 0.102. The second-order valence-electron chi connectivity index (χ2n) is 5.10. The number of nitrogens with zero attached hydrogens (tertiary/aromatic N) is 2. The van der Waals surface area contributed by atoms with Crippen molar-refractivity contribution in [3.63, 3.8) is 0 Å². The molecule has 1 aromatic heterocycles. The van der Waals surface area contributed by atoms with Crippen molar-refractivity contribution < 1.29 is 4.79 Å². The van der Waals surface area contributed by atoms with E-state index in [1.165, 1.54) is 12.4 Å². The fraction of sp³-hybridized carbons (Fsp3) is 0.0556. The summed E-state index contributed by atoms with van der Waals surface area (Å²) in [5, 5.41) is 5.91. The number of nitrogens with one attached hydrogen (secondary N) is 2. The van der Waals surface area contributed by atoms with E-state index >= 15 is 0 Å². The Morgan fingerprint density at radius 1 is 0.870 bits per heavy atom. The lowest BCUT2D eigenvalue weighted by Gasteiger charge is -2.07. The summed E-state index contributed by atoms with van der Waals surface area (Å²) in [5.41, 5.74) is 3.05. The van der Waals surface area contributed by atoms with E-state index < -0.39 is 0 Å². The Morgan fingerprint density at radius 2 is 1.61 bits per heavy atom. The highest BCUT2D eigenvalue weighted by atomic mass is 16.1. The Hall–Kier alpha value is -3.21. The molecule has 0 aliphatic rings. The molecule has 0 atom stereocenters. The average Bonchev–Trinajstić information content (AvgIpc) is 2.58. The minimum absolute atomic E-state index is 0.268. The molecule has 23 heavy (non-hydrogen) atoms. The van der Waals surface area contributed by atoms with Crippen molar-refractivity contribution in [1.29, 1.82) is 0 Å². The van der Waals surface area contributed by atoms with Gasteiger partial charge in [-0.2, -0.15) is 0 Å². The Labute approximate surface area is 134 Å². The van der Waals surface area contributed by atoms with Crippen LogP contribution in [0.15, 0.2) is 67.0 Å². The van der Waals surface area contributed by atoms with Gasteiger partial charge in [0.2, 0.25) is 0 Å². The Bertz CT molecular complexity index is 784. The third-order valence-electron chi connectivity index (χ3n) is 3.24. The maximum absolute atomic E-state index is 12.1. The fourth-order valence-corrected chi connectivity index (χ4v) is 2.01. The highest BCUT2D eigenvalue weighted by molar-refractivity contribution is 6.02. The van der Waals surface area contributed by atoms with Gasteiger partial charge in [0.05, 0.1) is 12.4 Å². The molecule has 0 aliphatic heterocycles. The summed E-state index contributed by atoms with van der Waals surface area (Å²) in [7, 11) is 0. The number of rotatable bonds is 4. The summed E-state index contributed by atoms with van der Waals surface area (Å²) < 4.78 is 0. The van der Waals surface area contributed by atoms with Gasteiger partial charge in [0.1, 0.15) is 11.5 Å². The maximum Gasteiger partial charge on any atom is 0.275 e. The maximum atomic E-state index is 12.1. The number of hydrogen-bond donors (Lipinski definition) is 2. The highest BCUT2D eigenvalue weighted by Gasteiger charge is 2.08. The minimum Gasteiger partial charge on any atom is -0.339 e. The molecule has 5 nitrogen and oxygen atoms in total.